The van der Waals surface area contributed by atoms with Crippen molar-refractivity contribution in [2.45, 2.75) is 0 Å². The lowest BCUT2D eigenvalue weighted by molar-refractivity contribution is 0.0958. The van der Waals surface area contributed by atoms with Crippen LogP contribution in [0.2, 0.25) is 0 Å². The molecule has 0 radical (unpaired) electrons. The second kappa shape index (κ2) is 3.89. The number of aromatic nitrogens is 2. The van der Waals surface area contributed by atoms with Crippen molar-refractivity contribution >= 4 is 5.91 Å². The number of carbonyl (C=O) groups is 1. The Labute approximate surface area is 92.0 Å². The van der Waals surface area contributed by atoms with E-state index >= 15 is 0 Å². The summed E-state index contributed by atoms with van der Waals surface area (Å²) in [5, 5.41) is 3.22. The molecule has 0 saturated carbocycles. The summed E-state index contributed by atoms with van der Waals surface area (Å²) in [7, 11) is 0. The van der Waals surface area contributed by atoms with Crippen LogP contribution in [0.15, 0.2) is 16.7 Å². The van der Waals surface area contributed by atoms with Crippen molar-refractivity contribution in [3.63, 3.8) is 0 Å². The van der Waals surface area contributed by atoms with Crippen LogP contribution in [-0.4, -0.2) is 16.0 Å². The number of halogens is 3. The maximum Gasteiger partial charge on any atom is 0.316 e. The predicted octanol–water partition coefficient (Wildman–Crippen LogP) is 1.25. The second-order valence-corrected chi connectivity index (χ2v) is 3.01. The molecule has 5 nitrogen and oxygen atoms in total. The standard InChI is InChI=1S/C9H4F3N3O2/c10-4-2-1-3(5(11)6(4)12)8-14-9(7(13)16)17-15-8/h1-2H,(H2,13,16). The molecular weight excluding hydrogens is 239 g/mol. The van der Waals surface area contributed by atoms with Gasteiger partial charge in [-0.25, -0.2) is 13.2 Å². The first kappa shape index (κ1) is 11.1. The molecule has 0 aliphatic carbocycles. The molecule has 0 bridgehead atoms. The van der Waals surface area contributed by atoms with Crippen LogP contribution in [0, 0.1) is 17.5 Å². The van der Waals surface area contributed by atoms with E-state index in [1.807, 2.05) is 0 Å². The first-order valence-corrected chi connectivity index (χ1v) is 4.28. The Bertz CT molecular complexity index is 597. The number of nitrogens with zero attached hydrogens (tertiary/aromatic N) is 2. The van der Waals surface area contributed by atoms with Gasteiger partial charge in [-0.15, -0.1) is 0 Å². The van der Waals surface area contributed by atoms with Crippen molar-refractivity contribution in [2.75, 3.05) is 0 Å². The summed E-state index contributed by atoms with van der Waals surface area (Å²) >= 11 is 0. The van der Waals surface area contributed by atoms with Crippen molar-refractivity contribution in [1.82, 2.24) is 10.1 Å². The number of rotatable bonds is 2. The lowest BCUT2D eigenvalue weighted by Crippen LogP contribution is -2.11. The molecule has 8 heteroatoms. The van der Waals surface area contributed by atoms with E-state index < -0.39 is 40.6 Å². The van der Waals surface area contributed by atoms with Crippen molar-refractivity contribution in [3.05, 3.63) is 35.5 Å². The monoisotopic (exact) mass is 243 g/mol. The third kappa shape index (κ3) is 1.84. The van der Waals surface area contributed by atoms with Crippen molar-refractivity contribution < 1.29 is 22.5 Å². The Hall–Kier alpha value is -2.38. The Balaban J connectivity index is 2.53. The van der Waals surface area contributed by atoms with Gasteiger partial charge < -0.3 is 10.3 Å². The lowest BCUT2D eigenvalue weighted by atomic mass is 10.2. The fraction of sp³-hybridized carbons (Fsp3) is 0. The quantitative estimate of drug-likeness (QED) is 0.805. The molecule has 0 atom stereocenters. The summed E-state index contributed by atoms with van der Waals surface area (Å²) < 4.78 is 43.3. The molecule has 2 rings (SSSR count). The van der Waals surface area contributed by atoms with Crippen LogP contribution in [0.3, 0.4) is 0 Å². The normalized spacial score (nSPS) is 10.5. The molecule has 1 heterocycles. The van der Waals surface area contributed by atoms with Crippen LogP contribution in [0.5, 0.6) is 0 Å². The van der Waals surface area contributed by atoms with Crippen LogP contribution >= 0.6 is 0 Å². The molecule has 0 spiro atoms. The average Bonchev–Trinajstić information content (AvgIpc) is 2.75. The van der Waals surface area contributed by atoms with Gasteiger partial charge in [0.2, 0.25) is 5.82 Å². The molecule has 2 N–H and O–H groups in total. The summed E-state index contributed by atoms with van der Waals surface area (Å²) in [5.74, 6) is -6.43. The molecule has 0 aliphatic rings. The minimum atomic E-state index is -1.66. The largest absolute Gasteiger partial charge is 0.361 e. The average molecular weight is 243 g/mol. The fourth-order valence-electron chi connectivity index (χ4n) is 1.13. The number of hydrogen-bond acceptors (Lipinski definition) is 4. The highest BCUT2D eigenvalue weighted by Crippen LogP contribution is 2.23. The second-order valence-electron chi connectivity index (χ2n) is 3.01. The molecule has 0 saturated heterocycles. The zero-order valence-corrected chi connectivity index (χ0v) is 8.08. The van der Waals surface area contributed by atoms with Crippen LogP contribution in [-0.2, 0) is 0 Å². The SMILES string of the molecule is NC(=O)c1nc(-c2ccc(F)c(F)c2F)no1. The van der Waals surface area contributed by atoms with E-state index in [2.05, 4.69) is 14.7 Å². The van der Waals surface area contributed by atoms with E-state index in [1.54, 1.807) is 0 Å². The number of benzene rings is 1. The van der Waals surface area contributed by atoms with Gasteiger partial charge in [-0.05, 0) is 12.1 Å². The van der Waals surface area contributed by atoms with Gasteiger partial charge in [-0.1, -0.05) is 5.16 Å². The van der Waals surface area contributed by atoms with Crippen molar-refractivity contribution in [3.8, 4) is 11.4 Å². The molecule has 0 aliphatic heterocycles. The zero-order chi connectivity index (χ0) is 12.6. The van der Waals surface area contributed by atoms with Crippen LogP contribution in [0.25, 0.3) is 11.4 Å². The van der Waals surface area contributed by atoms with Gasteiger partial charge in [-0.2, -0.15) is 4.98 Å². The summed E-state index contributed by atoms with van der Waals surface area (Å²) in [4.78, 5) is 14.1. The summed E-state index contributed by atoms with van der Waals surface area (Å²) in [6, 6.07) is 1.62. The van der Waals surface area contributed by atoms with Crippen molar-refractivity contribution in [2.24, 2.45) is 5.73 Å². The molecule has 1 amide bonds. The molecule has 0 unspecified atom stereocenters. The van der Waals surface area contributed by atoms with Gasteiger partial charge in [0.1, 0.15) is 0 Å². The van der Waals surface area contributed by atoms with Gasteiger partial charge in [0.15, 0.2) is 17.5 Å². The third-order valence-corrected chi connectivity index (χ3v) is 1.91. The van der Waals surface area contributed by atoms with E-state index in [0.717, 1.165) is 6.07 Å². The van der Waals surface area contributed by atoms with Gasteiger partial charge in [0.05, 0.1) is 5.56 Å². The van der Waals surface area contributed by atoms with E-state index in [0.29, 0.717) is 6.07 Å². The Morgan fingerprint density at radius 2 is 1.94 bits per heavy atom. The Morgan fingerprint density at radius 1 is 1.24 bits per heavy atom. The molecule has 17 heavy (non-hydrogen) atoms. The van der Waals surface area contributed by atoms with Crippen LogP contribution in [0.4, 0.5) is 13.2 Å². The first-order valence-electron chi connectivity index (χ1n) is 4.28. The van der Waals surface area contributed by atoms with Gasteiger partial charge in [0.25, 0.3) is 0 Å². The molecule has 88 valence electrons. The maximum absolute atomic E-state index is 13.3. The third-order valence-electron chi connectivity index (χ3n) is 1.91. The van der Waals surface area contributed by atoms with Gasteiger partial charge in [-0.3, -0.25) is 4.79 Å². The van der Waals surface area contributed by atoms with Gasteiger partial charge in [0, 0.05) is 0 Å². The van der Waals surface area contributed by atoms with E-state index in [9.17, 15) is 18.0 Å². The minimum Gasteiger partial charge on any atom is -0.361 e. The van der Waals surface area contributed by atoms with E-state index in [4.69, 9.17) is 5.73 Å². The first-order chi connectivity index (χ1) is 8.00. The van der Waals surface area contributed by atoms with E-state index in [1.165, 1.54) is 0 Å². The number of carbonyl (C=O) groups excluding carboxylic acids is 1. The Kier molecular flexibility index (Phi) is 2.54. The molecular formula is C9H4F3N3O2. The smallest absolute Gasteiger partial charge is 0.316 e. The number of amides is 1. The van der Waals surface area contributed by atoms with Crippen LogP contribution < -0.4 is 5.73 Å². The molecule has 2 aromatic rings. The maximum atomic E-state index is 13.3. The molecule has 1 aromatic carbocycles. The number of nitrogens with two attached hydrogens (primary N) is 1. The van der Waals surface area contributed by atoms with E-state index in [-0.39, 0.29) is 0 Å². The summed E-state index contributed by atoms with van der Waals surface area (Å²) in [6.45, 7) is 0. The van der Waals surface area contributed by atoms with Crippen LogP contribution in [0.1, 0.15) is 10.7 Å². The highest BCUT2D eigenvalue weighted by Gasteiger charge is 2.20. The number of primary amides is 1. The topological polar surface area (TPSA) is 82.0 Å². The lowest BCUT2D eigenvalue weighted by Gasteiger charge is -1.99. The van der Waals surface area contributed by atoms with Gasteiger partial charge >= 0.3 is 11.8 Å². The summed E-state index contributed by atoms with van der Waals surface area (Å²) in [5.41, 5.74) is 4.40. The summed E-state index contributed by atoms with van der Waals surface area (Å²) in [6.07, 6.45) is 0. The fourth-order valence-corrected chi connectivity index (χ4v) is 1.13. The minimum absolute atomic E-state index is 0.393. The highest BCUT2D eigenvalue weighted by atomic mass is 19.2. The Morgan fingerprint density at radius 3 is 2.53 bits per heavy atom. The molecule has 0 fully saturated rings. The zero-order valence-electron chi connectivity index (χ0n) is 8.08. The highest BCUT2D eigenvalue weighted by molar-refractivity contribution is 5.88. The number of hydrogen-bond donors (Lipinski definition) is 1. The molecule has 1 aromatic heterocycles. The van der Waals surface area contributed by atoms with Crippen molar-refractivity contribution in [1.29, 1.82) is 0 Å². The predicted molar refractivity (Wildman–Crippen MR) is 48.1 cm³/mol.